The SMILES string of the molecule is CC1(C)Cc2cc(C(O)CCCC(=O)O)ccc2O1. The van der Waals surface area contributed by atoms with Crippen LogP contribution in [0.4, 0.5) is 0 Å². The van der Waals surface area contributed by atoms with Gasteiger partial charge in [-0.1, -0.05) is 6.07 Å². The molecule has 0 radical (unpaired) electrons. The monoisotopic (exact) mass is 264 g/mol. The molecular weight excluding hydrogens is 244 g/mol. The summed E-state index contributed by atoms with van der Waals surface area (Å²) < 4.78 is 5.78. The number of hydrogen-bond donors (Lipinski definition) is 2. The van der Waals surface area contributed by atoms with Gasteiger partial charge in [0.2, 0.25) is 0 Å². The van der Waals surface area contributed by atoms with Crippen LogP contribution in [0, 0.1) is 0 Å². The number of carboxylic acids is 1. The van der Waals surface area contributed by atoms with Crippen molar-refractivity contribution in [1.82, 2.24) is 0 Å². The number of carbonyl (C=O) groups is 1. The number of benzene rings is 1. The lowest BCUT2D eigenvalue weighted by molar-refractivity contribution is -0.137. The van der Waals surface area contributed by atoms with Gasteiger partial charge >= 0.3 is 5.97 Å². The van der Waals surface area contributed by atoms with Crippen LogP contribution in [-0.4, -0.2) is 21.8 Å². The van der Waals surface area contributed by atoms with Crippen molar-refractivity contribution in [2.45, 2.75) is 51.2 Å². The average Bonchev–Trinajstić information content (AvgIpc) is 2.60. The third-order valence-corrected chi connectivity index (χ3v) is 3.34. The highest BCUT2D eigenvalue weighted by molar-refractivity contribution is 5.66. The quantitative estimate of drug-likeness (QED) is 0.858. The zero-order valence-electron chi connectivity index (χ0n) is 11.3. The third-order valence-electron chi connectivity index (χ3n) is 3.34. The Hall–Kier alpha value is -1.55. The minimum atomic E-state index is -0.823. The molecule has 0 spiro atoms. The van der Waals surface area contributed by atoms with Crippen LogP contribution in [-0.2, 0) is 11.2 Å². The normalized spacial score (nSPS) is 17.6. The molecule has 1 atom stereocenters. The van der Waals surface area contributed by atoms with E-state index < -0.39 is 12.1 Å². The zero-order chi connectivity index (χ0) is 14.0. The van der Waals surface area contributed by atoms with E-state index in [-0.39, 0.29) is 12.0 Å². The van der Waals surface area contributed by atoms with Gasteiger partial charge in [0.05, 0.1) is 6.10 Å². The van der Waals surface area contributed by atoms with Crippen molar-refractivity contribution < 1.29 is 19.7 Å². The van der Waals surface area contributed by atoms with Crippen molar-refractivity contribution in [3.63, 3.8) is 0 Å². The van der Waals surface area contributed by atoms with Gasteiger partial charge < -0.3 is 14.9 Å². The Morgan fingerprint density at radius 1 is 1.47 bits per heavy atom. The average molecular weight is 264 g/mol. The highest BCUT2D eigenvalue weighted by atomic mass is 16.5. The van der Waals surface area contributed by atoms with Crippen LogP contribution in [0.3, 0.4) is 0 Å². The van der Waals surface area contributed by atoms with Gasteiger partial charge in [0.1, 0.15) is 11.4 Å². The molecule has 4 heteroatoms. The Morgan fingerprint density at radius 3 is 2.89 bits per heavy atom. The molecule has 104 valence electrons. The summed E-state index contributed by atoms with van der Waals surface area (Å²) in [5.74, 6) is 0.0581. The van der Waals surface area contributed by atoms with E-state index in [1.807, 2.05) is 32.0 Å². The molecule has 0 amide bonds. The third kappa shape index (κ3) is 3.47. The summed E-state index contributed by atoms with van der Waals surface area (Å²) in [6, 6.07) is 5.71. The molecule has 1 unspecified atom stereocenters. The van der Waals surface area contributed by atoms with Crippen molar-refractivity contribution in [2.75, 3.05) is 0 Å². The first-order valence-electron chi connectivity index (χ1n) is 6.59. The second-order valence-electron chi connectivity index (χ2n) is 5.71. The van der Waals surface area contributed by atoms with Crippen LogP contribution >= 0.6 is 0 Å². The van der Waals surface area contributed by atoms with E-state index >= 15 is 0 Å². The standard InChI is InChI=1S/C15H20O4/c1-15(2)9-11-8-10(6-7-13(11)19-15)12(16)4-3-5-14(17)18/h6-8,12,16H,3-5,9H2,1-2H3,(H,17,18). The van der Waals surface area contributed by atoms with Crippen molar-refractivity contribution in [3.05, 3.63) is 29.3 Å². The van der Waals surface area contributed by atoms with Crippen LogP contribution in [0.2, 0.25) is 0 Å². The largest absolute Gasteiger partial charge is 0.487 e. The summed E-state index contributed by atoms with van der Waals surface area (Å²) in [5.41, 5.74) is 1.76. The zero-order valence-corrected chi connectivity index (χ0v) is 11.3. The van der Waals surface area contributed by atoms with E-state index in [0.717, 1.165) is 23.3 Å². The van der Waals surface area contributed by atoms with E-state index in [1.165, 1.54) is 0 Å². The van der Waals surface area contributed by atoms with Gasteiger partial charge in [-0.05, 0) is 49.9 Å². The first-order valence-corrected chi connectivity index (χ1v) is 6.59. The summed E-state index contributed by atoms with van der Waals surface area (Å²) >= 11 is 0. The fourth-order valence-electron chi connectivity index (χ4n) is 2.45. The maximum absolute atomic E-state index is 10.4. The number of carboxylic acid groups (broad SMARTS) is 1. The molecule has 2 N–H and O–H groups in total. The van der Waals surface area contributed by atoms with E-state index in [4.69, 9.17) is 9.84 Å². The minimum absolute atomic E-state index is 0.0954. The van der Waals surface area contributed by atoms with E-state index in [1.54, 1.807) is 0 Å². The molecule has 19 heavy (non-hydrogen) atoms. The first kappa shape index (κ1) is 13.9. The van der Waals surface area contributed by atoms with Crippen molar-refractivity contribution in [2.24, 2.45) is 0 Å². The predicted molar refractivity (Wildman–Crippen MR) is 71.3 cm³/mol. The highest BCUT2D eigenvalue weighted by Crippen LogP contribution is 2.36. The van der Waals surface area contributed by atoms with Gasteiger partial charge in [0.25, 0.3) is 0 Å². The number of hydrogen-bond acceptors (Lipinski definition) is 3. The lowest BCUT2D eigenvalue weighted by Crippen LogP contribution is -2.24. The van der Waals surface area contributed by atoms with Gasteiger partial charge in [-0.25, -0.2) is 0 Å². The number of aliphatic carboxylic acids is 1. The van der Waals surface area contributed by atoms with Gasteiger partial charge in [-0.2, -0.15) is 0 Å². The summed E-state index contributed by atoms with van der Waals surface area (Å²) in [4.78, 5) is 10.4. The summed E-state index contributed by atoms with van der Waals surface area (Å²) in [7, 11) is 0. The number of fused-ring (bicyclic) bond motifs is 1. The lowest BCUT2D eigenvalue weighted by Gasteiger charge is -2.16. The minimum Gasteiger partial charge on any atom is -0.487 e. The van der Waals surface area contributed by atoms with Crippen molar-refractivity contribution >= 4 is 5.97 Å². The maximum atomic E-state index is 10.4. The van der Waals surface area contributed by atoms with Gasteiger partial charge in [-0.3, -0.25) is 4.79 Å². The molecule has 1 heterocycles. The van der Waals surface area contributed by atoms with Crippen LogP contribution in [0.1, 0.15) is 50.3 Å². The molecule has 1 aliphatic rings. The Labute approximate surface area is 113 Å². The van der Waals surface area contributed by atoms with Gasteiger partial charge in [0, 0.05) is 12.8 Å². The molecular formula is C15H20O4. The molecule has 0 saturated heterocycles. The van der Waals surface area contributed by atoms with Crippen LogP contribution < -0.4 is 4.74 Å². The number of aliphatic hydroxyl groups is 1. The molecule has 0 bridgehead atoms. The number of aliphatic hydroxyl groups excluding tert-OH is 1. The molecule has 2 rings (SSSR count). The molecule has 0 aliphatic carbocycles. The first-order chi connectivity index (χ1) is 8.87. The van der Waals surface area contributed by atoms with E-state index in [9.17, 15) is 9.90 Å². The summed E-state index contributed by atoms with van der Waals surface area (Å²) in [5, 5.41) is 18.6. The van der Waals surface area contributed by atoms with Gasteiger partial charge in [-0.15, -0.1) is 0 Å². The highest BCUT2D eigenvalue weighted by Gasteiger charge is 2.30. The fourth-order valence-corrected chi connectivity index (χ4v) is 2.45. The summed E-state index contributed by atoms with van der Waals surface area (Å²) in [6.45, 7) is 4.08. The molecule has 1 aromatic carbocycles. The Balaban J connectivity index is 2.01. The second-order valence-corrected chi connectivity index (χ2v) is 5.71. The molecule has 1 aromatic rings. The lowest BCUT2D eigenvalue weighted by atomic mass is 9.97. The number of ether oxygens (including phenoxy) is 1. The fraction of sp³-hybridized carbons (Fsp3) is 0.533. The Kier molecular flexibility index (Phi) is 3.80. The predicted octanol–water partition coefficient (Wildman–Crippen LogP) is 2.69. The molecule has 1 aliphatic heterocycles. The summed E-state index contributed by atoms with van der Waals surface area (Å²) in [6.07, 6.45) is 1.27. The Bertz CT molecular complexity index is 479. The maximum Gasteiger partial charge on any atom is 0.303 e. The van der Waals surface area contributed by atoms with E-state index in [0.29, 0.717) is 12.8 Å². The smallest absolute Gasteiger partial charge is 0.303 e. The topological polar surface area (TPSA) is 66.8 Å². The van der Waals surface area contributed by atoms with E-state index in [2.05, 4.69) is 0 Å². The van der Waals surface area contributed by atoms with Crippen LogP contribution in [0.15, 0.2) is 18.2 Å². The second kappa shape index (κ2) is 5.21. The molecule has 0 fully saturated rings. The van der Waals surface area contributed by atoms with Crippen LogP contribution in [0.25, 0.3) is 0 Å². The number of rotatable bonds is 5. The van der Waals surface area contributed by atoms with Gasteiger partial charge in [0.15, 0.2) is 0 Å². The molecule has 4 nitrogen and oxygen atoms in total. The van der Waals surface area contributed by atoms with Crippen molar-refractivity contribution in [3.8, 4) is 5.75 Å². The Morgan fingerprint density at radius 2 is 2.21 bits per heavy atom. The molecule has 0 aromatic heterocycles. The van der Waals surface area contributed by atoms with Crippen molar-refractivity contribution in [1.29, 1.82) is 0 Å². The molecule has 0 saturated carbocycles. The van der Waals surface area contributed by atoms with Crippen LogP contribution in [0.5, 0.6) is 5.75 Å².